The molecule has 0 bridgehead atoms. The summed E-state index contributed by atoms with van der Waals surface area (Å²) in [6.07, 6.45) is 5.85. The molecule has 1 N–H and O–H groups in total. The third-order valence-corrected chi connectivity index (χ3v) is 3.49. The van der Waals surface area contributed by atoms with E-state index in [2.05, 4.69) is 9.97 Å². The average molecular weight is 252 g/mol. The van der Waals surface area contributed by atoms with E-state index in [1.807, 2.05) is 0 Å². The summed E-state index contributed by atoms with van der Waals surface area (Å²) < 4.78 is 1.23. The largest absolute Gasteiger partial charge is 0.354 e. The van der Waals surface area contributed by atoms with E-state index in [0.717, 1.165) is 12.8 Å². The first kappa shape index (κ1) is 12.9. The molecule has 1 aromatic heterocycles. The van der Waals surface area contributed by atoms with Crippen LogP contribution in [-0.4, -0.2) is 28.6 Å². The number of hydrogen-bond donors (Lipinski definition) is 1. The van der Waals surface area contributed by atoms with Crippen molar-refractivity contribution in [2.75, 3.05) is 19.0 Å². The minimum atomic E-state index is -0.451. The summed E-state index contributed by atoms with van der Waals surface area (Å²) in [5.74, 6) is 0.745. The molecular formula is C12H20N4O2. The van der Waals surface area contributed by atoms with Crippen molar-refractivity contribution in [1.29, 1.82) is 0 Å². The fraction of sp³-hybridized carbons (Fsp3) is 0.750. The molecule has 1 saturated carbocycles. The highest BCUT2D eigenvalue weighted by atomic mass is 16.2. The minimum absolute atomic E-state index is 0.310. The second-order valence-electron chi connectivity index (χ2n) is 5.16. The van der Waals surface area contributed by atoms with Crippen molar-refractivity contribution >= 4 is 5.95 Å². The van der Waals surface area contributed by atoms with Crippen LogP contribution in [0.4, 0.5) is 5.95 Å². The summed E-state index contributed by atoms with van der Waals surface area (Å²) in [5.41, 5.74) is -0.808. The summed E-state index contributed by atoms with van der Waals surface area (Å²) in [4.78, 5) is 31.8. The number of nitrogens with one attached hydrogen (secondary N) is 1. The second kappa shape index (κ2) is 5.37. The Morgan fingerprint density at radius 3 is 2.50 bits per heavy atom. The lowest BCUT2D eigenvalue weighted by atomic mass is 9.89. The Kier molecular flexibility index (Phi) is 3.84. The number of hydrogen-bond acceptors (Lipinski definition) is 4. The Labute approximate surface area is 106 Å². The van der Waals surface area contributed by atoms with Gasteiger partial charge >= 0.3 is 11.4 Å². The standard InChI is InChI=1S/C12H20N4O2/c1-15(2)10-13-11(17)16(12(18)14-10)8-9-6-4-3-5-7-9/h9H,3-8H2,1-2H3,(H,13,14,17,18). The van der Waals surface area contributed by atoms with Gasteiger partial charge in [0.05, 0.1) is 0 Å². The predicted octanol–water partition coefficient (Wildman–Crippen LogP) is 0.578. The van der Waals surface area contributed by atoms with Crippen molar-refractivity contribution in [3.05, 3.63) is 21.0 Å². The summed E-state index contributed by atoms with van der Waals surface area (Å²) in [6, 6.07) is 0. The van der Waals surface area contributed by atoms with E-state index in [0.29, 0.717) is 18.4 Å². The maximum Gasteiger partial charge on any atom is 0.354 e. The number of anilines is 1. The van der Waals surface area contributed by atoms with Gasteiger partial charge in [0.1, 0.15) is 0 Å². The first-order chi connectivity index (χ1) is 8.58. The number of rotatable bonds is 3. The Morgan fingerprint density at radius 2 is 1.94 bits per heavy atom. The molecule has 0 aliphatic heterocycles. The fourth-order valence-corrected chi connectivity index (χ4v) is 2.43. The molecule has 1 heterocycles. The second-order valence-corrected chi connectivity index (χ2v) is 5.16. The molecule has 1 aliphatic carbocycles. The van der Waals surface area contributed by atoms with Crippen LogP contribution >= 0.6 is 0 Å². The van der Waals surface area contributed by atoms with E-state index < -0.39 is 5.69 Å². The Hall–Kier alpha value is -1.59. The van der Waals surface area contributed by atoms with Crippen LogP contribution in [0, 0.1) is 5.92 Å². The lowest BCUT2D eigenvalue weighted by molar-refractivity contribution is 0.309. The zero-order valence-corrected chi connectivity index (χ0v) is 11.0. The molecule has 0 radical (unpaired) electrons. The summed E-state index contributed by atoms with van der Waals surface area (Å²) in [6.45, 7) is 0.495. The van der Waals surface area contributed by atoms with Crippen LogP contribution in [0.25, 0.3) is 0 Å². The predicted molar refractivity (Wildman–Crippen MR) is 70.0 cm³/mol. The Bertz CT molecular complexity index is 480. The molecule has 0 spiro atoms. The van der Waals surface area contributed by atoms with Crippen LogP contribution in [0.15, 0.2) is 9.59 Å². The van der Waals surface area contributed by atoms with Crippen LogP contribution in [0.2, 0.25) is 0 Å². The molecule has 1 aromatic rings. The smallest absolute Gasteiger partial charge is 0.348 e. The SMILES string of the molecule is CN(C)c1nc(=O)n(CC2CCCCC2)c(=O)[nH]1. The zero-order valence-electron chi connectivity index (χ0n) is 11.0. The third-order valence-electron chi connectivity index (χ3n) is 3.49. The molecule has 0 atom stereocenters. The Morgan fingerprint density at radius 1 is 1.28 bits per heavy atom. The number of nitrogens with zero attached hydrogens (tertiary/aromatic N) is 3. The molecular weight excluding hydrogens is 232 g/mol. The van der Waals surface area contributed by atoms with E-state index in [9.17, 15) is 9.59 Å². The van der Waals surface area contributed by atoms with Crippen LogP contribution < -0.4 is 16.3 Å². The van der Waals surface area contributed by atoms with Gasteiger partial charge in [-0.25, -0.2) is 14.2 Å². The Balaban J connectivity index is 2.23. The lowest BCUT2D eigenvalue weighted by Gasteiger charge is -2.21. The van der Waals surface area contributed by atoms with Gasteiger partial charge in [0.2, 0.25) is 5.95 Å². The zero-order chi connectivity index (χ0) is 13.1. The lowest BCUT2D eigenvalue weighted by Crippen LogP contribution is -2.40. The summed E-state index contributed by atoms with van der Waals surface area (Å²) in [5, 5.41) is 0. The van der Waals surface area contributed by atoms with Gasteiger partial charge in [-0.3, -0.25) is 4.98 Å². The van der Waals surface area contributed by atoms with E-state index in [1.54, 1.807) is 19.0 Å². The third kappa shape index (κ3) is 2.80. The van der Waals surface area contributed by atoms with Gasteiger partial charge in [-0.05, 0) is 18.8 Å². The molecule has 0 unspecified atom stereocenters. The van der Waals surface area contributed by atoms with Gasteiger partial charge in [-0.15, -0.1) is 0 Å². The first-order valence-corrected chi connectivity index (χ1v) is 6.46. The minimum Gasteiger partial charge on any atom is -0.348 e. The van der Waals surface area contributed by atoms with E-state index in [1.165, 1.54) is 23.8 Å². The molecule has 0 amide bonds. The fourth-order valence-electron chi connectivity index (χ4n) is 2.43. The summed E-state index contributed by atoms with van der Waals surface area (Å²) >= 11 is 0. The quantitative estimate of drug-likeness (QED) is 0.854. The van der Waals surface area contributed by atoms with Crippen molar-refractivity contribution in [2.24, 2.45) is 5.92 Å². The number of H-pyrrole nitrogens is 1. The van der Waals surface area contributed by atoms with Crippen molar-refractivity contribution in [3.63, 3.8) is 0 Å². The molecule has 18 heavy (non-hydrogen) atoms. The van der Waals surface area contributed by atoms with Crippen molar-refractivity contribution in [1.82, 2.24) is 14.5 Å². The monoisotopic (exact) mass is 252 g/mol. The van der Waals surface area contributed by atoms with Gasteiger partial charge in [-0.1, -0.05) is 19.3 Å². The van der Waals surface area contributed by atoms with Crippen molar-refractivity contribution < 1.29 is 0 Å². The van der Waals surface area contributed by atoms with Crippen molar-refractivity contribution in [3.8, 4) is 0 Å². The van der Waals surface area contributed by atoms with Gasteiger partial charge in [0.15, 0.2) is 0 Å². The summed E-state index contributed by atoms with van der Waals surface area (Å²) in [7, 11) is 3.48. The average Bonchev–Trinajstić information content (AvgIpc) is 2.34. The van der Waals surface area contributed by atoms with Crippen molar-refractivity contribution in [2.45, 2.75) is 38.6 Å². The van der Waals surface area contributed by atoms with Crippen LogP contribution in [0.1, 0.15) is 32.1 Å². The van der Waals surface area contributed by atoms with Crippen LogP contribution in [-0.2, 0) is 6.54 Å². The van der Waals surface area contributed by atoms with E-state index >= 15 is 0 Å². The van der Waals surface area contributed by atoms with E-state index in [-0.39, 0.29) is 5.69 Å². The maximum atomic E-state index is 11.9. The molecule has 100 valence electrons. The van der Waals surface area contributed by atoms with Crippen LogP contribution in [0.3, 0.4) is 0 Å². The van der Waals surface area contributed by atoms with Gasteiger partial charge in [-0.2, -0.15) is 4.98 Å². The van der Waals surface area contributed by atoms with E-state index in [4.69, 9.17) is 0 Å². The van der Waals surface area contributed by atoms with Gasteiger partial charge in [0, 0.05) is 20.6 Å². The van der Waals surface area contributed by atoms with Gasteiger partial charge in [0.25, 0.3) is 0 Å². The highest BCUT2D eigenvalue weighted by Gasteiger charge is 2.16. The number of aromatic nitrogens is 3. The van der Waals surface area contributed by atoms with Crippen LogP contribution in [0.5, 0.6) is 0 Å². The molecule has 1 fully saturated rings. The molecule has 6 heteroatoms. The highest BCUT2D eigenvalue weighted by molar-refractivity contribution is 5.23. The first-order valence-electron chi connectivity index (χ1n) is 6.46. The molecule has 0 aromatic carbocycles. The van der Waals surface area contributed by atoms with Gasteiger partial charge < -0.3 is 4.90 Å². The maximum absolute atomic E-state index is 11.9. The number of aromatic amines is 1. The topological polar surface area (TPSA) is 71.0 Å². The molecule has 0 saturated heterocycles. The molecule has 1 aliphatic rings. The molecule has 6 nitrogen and oxygen atoms in total. The normalized spacial score (nSPS) is 16.8. The molecule has 2 rings (SSSR count). The highest BCUT2D eigenvalue weighted by Crippen LogP contribution is 2.24.